The fraction of sp³-hybridized carbons (Fsp3) is 0.200. The van der Waals surface area contributed by atoms with Gasteiger partial charge >= 0.3 is 7.66 Å². The van der Waals surface area contributed by atoms with Crippen LogP contribution in [0.1, 0.15) is 11.1 Å². The highest BCUT2D eigenvalue weighted by atomic mass is 35.7. The topological polar surface area (TPSA) is 9.23 Å². The highest BCUT2D eigenvalue weighted by Crippen LogP contribution is 2.29. The summed E-state index contributed by atoms with van der Waals surface area (Å²) >= 11 is 17.3. The lowest BCUT2D eigenvalue weighted by atomic mass is 10.0. The highest BCUT2D eigenvalue weighted by Gasteiger charge is 2.13. The van der Waals surface area contributed by atoms with Gasteiger partial charge in [-0.15, -0.1) is 6.58 Å². The van der Waals surface area contributed by atoms with Crippen LogP contribution in [0, 0.1) is 6.92 Å². The molecule has 0 amide bonds. The van der Waals surface area contributed by atoms with E-state index in [-0.39, 0.29) is 0 Å². The van der Waals surface area contributed by atoms with Crippen LogP contribution in [0.4, 0.5) is 0 Å². The van der Waals surface area contributed by atoms with Gasteiger partial charge in [0.2, 0.25) is 0 Å². The number of hydrogen-bond acceptors (Lipinski definition) is 1. The standard InChI is InChI=1S/C10H10Cl3OSi/c1-3-4-8-7(2)9(11)5-6-10(8)14-15(12)13/h3,5-6H,1,4H2,2H3. The first kappa shape index (κ1) is 12.9. The Morgan fingerprint density at radius 1 is 1.47 bits per heavy atom. The summed E-state index contributed by atoms with van der Waals surface area (Å²) in [4.78, 5) is 0. The molecule has 1 aromatic carbocycles. The monoisotopic (exact) mass is 279 g/mol. The fourth-order valence-corrected chi connectivity index (χ4v) is 2.31. The Bertz CT molecular complexity index is 366. The van der Waals surface area contributed by atoms with Crippen molar-refractivity contribution in [3.8, 4) is 5.75 Å². The van der Waals surface area contributed by atoms with E-state index in [9.17, 15) is 0 Å². The maximum atomic E-state index is 6.01. The van der Waals surface area contributed by atoms with Crippen molar-refractivity contribution in [1.29, 1.82) is 0 Å². The second kappa shape index (κ2) is 5.80. The highest BCUT2D eigenvalue weighted by molar-refractivity contribution is 7.31. The third-order valence-corrected chi connectivity index (χ3v) is 3.27. The molecule has 0 saturated heterocycles. The normalized spacial score (nSPS) is 10.5. The average Bonchev–Trinajstić information content (AvgIpc) is 2.17. The second-order valence-electron chi connectivity index (χ2n) is 2.97. The SMILES string of the molecule is C=CCc1c(O[Si](Cl)Cl)ccc(Cl)c1C. The molecule has 0 bridgehead atoms. The molecular weight excluding hydrogens is 271 g/mol. The Morgan fingerprint density at radius 3 is 2.67 bits per heavy atom. The second-order valence-corrected chi connectivity index (χ2v) is 6.67. The van der Waals surface area contributed by atoms with Gasteiger partial charge in [0.05, 0.1) is 0 Å². The third kappa shape index (κ3) is 3.42. The number of allylic oxidation sites excluding steroid dienone is 1. The molecular formula is C10H10Cl3OSi. The summed E-state index contributed by atoms with van der Waals surface area (Å²) < 4.78 is 5.36. The van der Waals surface area contributed by atoms with Gasteiger partial charge in [0.25, 0.3) is 0 Å². The fourth-order valence-electron chi connectivity index (χ4n) is 1.28. The van der Waals surface area contributed by atoms with E-state index in [0.29, 0.717) is 17.2 Å². The minimum atomic E-state index is -1.79. The summed E-state index contributed by atoms with van der Waals surface area (Å²) in [6.07, 6.45) is 2.48. The number of rotatable bonds is 4. The van der Waals surface area contributed by atoms with Crippen molar-refractivity contribution in [2.24, 2.45) is 0 Å². The lowest BCUT2D eigenvalue weighted by Crippen LogP contribution is -2.08. The molecule has 0 atom stereocenters. The molecule has 0 spiro atoms. The zero-order valence-corrected chi connectivity index (χ0v) is 11.5. The molecule has 0 aliphatic rings. The maximum Gasteiger partial charge on any atom is 0.511 e. The van der Waals surface area contributed by atoms with Crippen LogP contribution in [-0.2, 0) is 6.42 Å². The summed E-state index contributed by atoms with van der Waals surface area (Å²) in [6.45, 7) is 5.62. The van der Waals surface area contributed by atoms with Crippen molar-refractivity contribution >= 4 is 41.4 Å². The molecule has 81 valence electrons. The van der Waals surface area contributed by atoms with Crippen molar-refractivity contribution in [3.63, 3.8) is 0 Å². The van der Waals surface area contributed by atoms with E-state index in [1.165, 1.54) is 0 Å². The van der Waals surface area contributed by atoms with Crippen molar-refractivity contribution < 1.29 is 4.43 Å². The number of hydrogen-bond donors (Lipinski definition) is 0. The summed E-state index contributed by atoms with van der Waals surface area (Å²) in [5.74, 6) is 0.690. The quantitative estimate of drug-likeness (QED) is 0.456. The first-order valence-electron chi connectivity index (χ1n) is 4.31. The molecule has 0 aromatic heterocycles. The molecule has 1 aromatic rings. The number of halogens is 3. The Hall–Kier alpha value is -0.153. The van der Waals surface area contributed by atoms with E-state index in [1.54, 1.807) is 18.2 Å². The molecule has 0 aliphatic carbocycles. The molecule has 0 N–H and O–H groups in total. The lowest BCUT2D eigenvalue weighted by molar-refractivity contribution is 0.595. The predicted molar refractivity (Wildman–Crippen MR) is 68.2 cm³/mol. The van der Waals surface area contributed by atoms with Gasteiger partial charge in [0.1, 0.15) is 5.75 Å². The van der Waals surface area contributed by atoms with Crippen molar-refractivity contribution in [2.75, 3.05) is 0 Å². The molecule has 1 rings (SSSR count). The minimum Gasteiger partial charge on any atom is -0.517 e. The molecule has 0 saturated carbocycles. The van der Waals surface area contributed by atoms with Crippen LogP contribution in [0.15, 0.2) is 24.8 Å². The van der Waals surface area contributed by atoms with Crippen LogP contribution in [-0.4, -0.2) is 7.66 Å². The van der Waals surface area contributed by atoms with E-state index in [4.69, 9.17) is 38.2 Å². The van der Waals surface area contributed by atoms with E-state index in [1.807, 2.05) is 6.92 Å². The zero-order valence-electron chi connectivity index (χ0n) is 8.19. The average molecular weight is 281 g/mol. The largest absolute Gasteiger partial charge is 0.517 e. The van der Waals surface area contributed by atoms with Gasteiger partial charge in [-0.05, 0) is 31.0 Å². The summed E-state index contributed by atoms with van der Waals surface area (Å²) in [5.41, 5.74) is 1.96. The summed E-state index contributed by atoms with van der Waals surface area (Å²) in [6, 6.07) is 3.56. The molecule has 1 radical (unpaired) electrons. The third-order valence-electron chi connectivity index (χ3n) is 2.02. The van der Waals surface area contributed by atoms with Crippen LogP contribution in [0.3, 0.4) is 0 Å². The zero-order chi connectivity index (χ0) is 11.4. The molecule has 0 unspecified atom stereocenters. The minimum absolute atomic E-state index is 0.685. The first-order chi connectivity index (χ1) is 7.06. The molecule has 0 heterocycles. The Kier molecular flexibility index (Phi) is 5.00. The van der Waals surface area contributed by atoms with Crippen LogP contribution >= 0.6 is 33.8 Å². The van der Waals surface area contributed by atoms with Gasteiger partial charge in [-0.25, -0.2) is 0 Å². The van der Waals surface area contributed by atoms with Gasteiger partial charge in [-0.1, -0.05) is 39.8 Å². The molecule has 1 nitrogen and oxygen atoms in total. The van der Waals surface area contributed by atoms with E-state index < -0.39 is 7.66 Å². The van der Waals surface area contributed by atoms with Gasteiger partial charge < -0.3 is 4.43 Å². The Balaban J connectivity index is 3.13. The Labute approximate surface area is 106 Å². The van der Waals surface area contributed by atoms with Gasteiger partial charge in [-0.2, -0.15) is 0 Å². The van der Waals surface area contributed by atoms with E-state index in [0.717, 1.165) is 11.1 Å². The first-order valence-corrected chi connectivity index (χ1v) is 8.12. The van der Waals surface area contributed by atoms with E-state index in [2.05, 4.69) is 6.58 Å². The number of benzene rings is 1. The molecule has 15 heavy (non-hydrogen) atoms. The van der Waals surface area contributed by atoms with Crippen LogP contribution in [0.2, 0.25) is 5.02 Å². The molecule has 0 fully saturated rings. The lowest BCUT2D eigenvalue weighted by Gasteiger charge is -2.13. The smallest absolute Gasteiger partial charge is 0.511 e. The van der Waals surface area contributed by atoms with Crippen molar-refractivity contribution in [2.45, 2.75) is 13.3 Å². The van der Waals surface area contributed by atoms with Gasteiger partial charge in [0, 0.05) is 10.6 Å². The van der Waals surface area contributed by atoms with Crippen LogP contribution in [0.5, 0.6) is 5.75 Å². The van der Waals surface area contributed by atoms with Gasteiger partial charge in [-0.3, -0.25) is 0 Å². The molecule has 5 heteroatoms. The maximum absolute atomic E-state index is 6.01. The van der Waals surface area contributed by atoms with Crippen molar-refractivity contribution in [1.82, 2.24) is 0 Å². The Morgan fingerprint density at radius 2 is 2.13 bits per heavy atom. The molecule has 0 aliphatic heterocycles. The van der Waals surface area contributed by atoms with E-state index >= 15 is 0 Å². The summed E-state index contributed by atoms with van der Waals surface area (Å²) in [5, 5.41) is 0.706. The summed E-state index contributed by atoms with van der Waals surface area (Å²) in [7, 11) is -1.79. The predicted octanol–water partition coefficient (Wildman–Crippen LogP) is 4.22. The van der Waals surface area contributed by atoms with Crippen LogP contribution < -0.4 is 4.43 Å². The van der Waals surface area contributed by atoms with Crippen molar-refractivity contribution in [3.05, 3.63) is 40.9 Å². The van der Waals surface area contributed by atoms with Crippen LogP contribution in [0.25, 0.3) is 0 Å². The van der Waals surface area contributed by atoms with Gasteiger partial charge in [0.15, 0.2) is 0 Å².